The topological polar surface area (TPSA) is 111 Å². The highest BCUT2D eigenvalue weighted by molar-refractivity contribution is 7.99. The van der Waals surface area contributed by atoms with E-state index in [-0.39, 0.29) is 29.1 Å². The highest BCUT2D eigenvalue weighted by atomic mass is 32.2. The summed E-state index contributed by atoms with van der Waals surface area (Å²) in [6, 6.07) is 13.9. The van der Waals surface area contributed by atoms with Crippen molar-refractivity contribution in [2.45, 2.75) is 35.3 Å². The zero-order valence-electron chi connectivity index (χ0n) is 17.4. The highest BCUT2D eigenvalue weighted by Crippen LogP contribution is 2.25. The van der Waals surface area contributed by atoms with Crippen LogP contribution in [0.15, 0.2) is 62.7 Å². The second-order valence-electron chi connectivity index (χ2n) is 6.86. The summed E-state index contributed by atoms with van der Waals surface area (Å²) < 4.78 is 35.3. The van der Waals surface area contributed by atoms with Gasteiger partial charge in [0, 0.05) is 22.6 Å². The number of rotatable bonds is 9. The van der Waals surface area contributed by atoms with Crippen molar-refractivity contribution >= 4 is 33.5 Å². The van der Waals surface area contributed by atoms with E-state index >= 15 is 0 Å². The smallest absolute Gasteiger partial charge is 0.322 e. The van der Waals surface area contributed by atoms with Crippen molar-refractivity contribution in [3.8, 4) is 17.2 Å². The first-order valence-electron chi connectivity index (χ1n) is 9.54. The molecule has 3 rings (SSSR count). The number of amides is 1. The number of hydrogen-bond acceptors (Lipinski definition) is 8. The van der Waals surface area contributed by atoms with Gasteiger partial charge in [0.05, 0.1) is 17.3 Å². The zero-order valence-corrected chi connectivity index (χ0v) is 19.0. The van der Waals surface area contributed by atoms with Gasteiger partial charge in [-0.05, 0) is 56.3 Å². The summed E-state index contributed by atoms with van der Waals surface area (Å²) >= 11 is 1.55. The van der Waals surface area contributed by atoms with E-state index in [1.807, 2.05) is 24.3 Å². The van der Waals surface area contributed by atoms with Crippen LogP contribution in [0.25, 0.3) is 11.5 Å². The van der Waals surface area contributed by atoms with Crippen LogP contribution in [0.1, 0.15) is 20.3 Å². The van der Waals surface area contributed by atoms with Crippen molar-refractivity contribution in [2.75, 3.05) is 18.2 Å². The summed E-state index contributed by atoms with van der Waals surface area (Å²) in [5, 5.41) is 9.76. The van der Waals surface area contributed by atoms with E-state index in [1.165, 1.54) is 12.1 Å². The normalized spacial score (nSPS) is 11.5. The molecule has 3 aromatic rings. The minimum absolute atomic E-state index is 0.0356. The van der Waals surface area contributed by atoms with Gasteiger partial charge in [0.25, 0.3) is 0 Å². The lowest BCUT2D eigenvalue weighted by Crippen LogP contribution is -2.13. The molecule has 10 heteroatoms. The number of benzene rings is 2. The summed E-state index contributed by atoms with van der Waals surface area (Å²) in [6.07, 6.45) is 0.260. The van der Waals surface area contributed by atoms with Crippen LogP contribution in [-0.4, -0.2) is 42.6 Å². The lowest BCUT2D eigenvalue weighted by Gasteiger charge is -2.08. The molecular weight excluding hydrogens is 438 g/mol. The lowest BCUT2D eigenvalue weighted by molar-refractivity contribution is -0.115. The maximum absolute atomic E-state index is 12.4. The summed E-state index contributed by atoms with van der Waals surface area (Å²) in [7, 11) is -1.81. The molecule has 0 atom stereocenters. The summed E-state index contributed by atoms with van der Waals surface area (Å²) in [6.45, 7) is 3.24. The largest absolute Gasteiger partial charge is 0.497 e. The average Bonchev–Trinajstić information content (AvgIpc) is 3.22. The number of anilines is 1. The fraction of sp³-hybridized carbons (Fsp3) is 0.286. The van der Waals surface area contributed by atoms with Crippen molar-refractivity contribution in [1.29, 1.82) is 0 Å². The van der Waals surface area contributed by atoms with Gasteiger partial charge in [0.2, 0.25) is 11.8 Å². The maximum atomic E-state index is 12.4. The van der Waals surface area contributed by atoms with Crippen LogP contribution in [-0.2, 0) is 14.6 Å². The van der Waals surface area contributed by atoms with Gasteiger partial charge in [-0.3, -0.25) is 10.1 Å². The molecule has 0 saturated carbocycles. The van der Waals surface area contributed by atoms with Gasteiger partial charge in [-0.1, -0.05) is 11.2 Å². The molecule has 1 N–H and O–H groups in total. The predicted molar refractivity (Wildman–Crippen MR) is 119 cm³/mol. The molecule has 31 heavy (non-hydrogen) atoms. The Hall–Kier alpha value is -2.85. The molecule has 1 amide bonds. The number of sulfone groups is 1. The number of carbonyl (C=O) groups excluding carboxylic acids is 1. The van der Waals surface area contributed by atoms with E-state index in [2.05, 4.69) is 15.5 Å². The van der Waals surface area contributed by atoms with E-state index in [0.717, 1.165) is 10.6 Å². The van der Waals surface area contributed by atoms with E-state index in [1.54, 1.807) is 44.9 Å². The summed E-state index contributed by atoms with van der Waals surface area (Å²) in [4.78, 5) is 13.4. The van der Waals surface area contributed by atoms with Gasteiger partial charge < -0.3 is 9.15 Å². The van der Waals surface area contributed by atoms with Gasteiger partial charge in [0.15, 0.2) is 9.84 Å². The number of thioether (sulfide) groups is 1. The van der Waals surface area contributed by atoms with Crippen LogP contribution in [0.2, 0.25) is 0 Å². The molecule has 0 unspecified atom stereocenters. The number of nitrogens with zero attached hydrogens (tertiary/aromatic N) is 2. The van der Waals surface area contributed by atoms with Crippen LogP contribution < -0.4 is 10.1 Å². The van der Waals surface area contributed by atoms with Gasteiger partial charge in [-0.15, -0.1) is 16.9 Å². The number of ether oxygens (including phenoxy) is 1. The molecule has 0 aliphatic heterocycles. The predicted octanol–water partition coefficient (Wildman–Crippen LogP) is 4.05. The molecule has 0 fully saturated rings. The van der Waals surface area contributed by atoms with Gasteiger partial charge >= 0.3 is 6.01 Å². The van der Waals surface area contributed by atoms with Crippen molar-refractivity contribution < 1.29 is 22.4 Å². The second-order valence-corrected chi connectivity index (χ2v) is 10.5. The Morgan fingerprint density at radius 3 is 2.58 bits per heavy atom. The number of hydrogen-bond donors (Lipinski definition) is 1. The summed E-state index contributed by atoms with van der Waals surface area (Å²) in [5.41, 5.74) is 0.463. The van der Waals surface area contributed by atoms with E-state index in [4.69, 9.17) is 9.15 Å². The summed E-state index contributed by atoms with van der Waals surface area (Å²) in [5.74, 6) is 1.23. The monoisotopic (exact) mass is 461 g/mol. The molecule has 1 heterocycles. The van der Waals surface area contributed by atoms with Gasteiger partial charge in [-0.25, -0.2) is 8.42 Å². The quantitative estimate of drug-likeness (QED) is 0.475. The molecular formula is C21H23N3O5S2. The average molecular weight is 462 g/mol. The molecule has 2 aromatic carbocycles. The molecule has 1 aromatic heterocycles. The minimum atomic E-state index is -3.43. The molecule has 164 valence electrons. The first-order chi connectivity index (χ1) is 14.8. The molecule has 0 saturated heterocycles. The van der Waals surface area contributed by atoms with E-state index in [0.29, 0.717) is 11.3 Å². The van der Waals surface area contributed by atoms with Crippen molar-refractivity contribution in [3.63, 3.8) is 0 Å². The fourth-order valence-corrected chi connectivity index (χ4v) is 4.54. The molecule has 0 aliphatic rings. The highest BCUT2D eigenvalue weighted by Gasteiger charge is 2.20. The SMILES string of the molecule is COc1ccc(SCCC(=O)Nc2nnc(-c3cccc(S(=O)(=O)C(C)C)c3)o2)cc1. The number of carbonyl (C=O) groups is 1. The second kappa shape index (κ2) is 9.97. The van der Waals surface area contributed by atoms with Crippen LogP contribution in [0.3, 0.4) is 0 Å². The maximum Gasteiger partial charge on any atom is 0.322 e. The Bertz CT molecular complexity index is 1140. The number of aromatic nitrogens is 2. The standard InChI is InChI=1S/C21H23N3O5S2/c1-14(2)31(26,27)18-6-4-5-15(13-18)20-23-24-21(29-20)22-19(25)11-12-30-17-9-7-16(28-3)8-10-17/h4-10,13-14H,11-12H2,1-3H3,(H,22,24,25). The molecule has 0 radical (unpaired) electrons. The lowest BCUT2D eigenvalue weighted by atomic mass is 10.2. The first-order valence-corrected chi connectivity index (χ1v) is 12.1. The van der Waals surface area contributed by atoms with Gasteiger partial charge in [0.1, 0.15) is 5.75 Å². The first kappa shape index (κ1) is 22.8. The Morgan fingerprint density at radius 1 is 1.16 bits per heavy atom. The fourth-order valence-electron chi connectivity index (χ4n) is 2.58. The van der Waals surface area contributed by atoms with E-state index < -0.39 is 15.1 Å². The Morgan fingerprint density at radius 2 is 1.90 bits per heavy atom. The molecule has 0 spiro atoms. The van der Waals surface area contributed by atoms with Crippen molar-refractivity contribution in [2.24, 2.45) is 0 Å². The van der Waals surface area contributed by atoms with Crippen LogP contribution in [0.4, 0.5) is 6.01 Å². The third-order valence-corrected chi connectivity index (χ3v) is 7.52. The Balaban J connectivity index is 1.57. The van der Waals surface area contributed by atoms with Crippen LogP contribution >= 0.6 is 11.8 Å². The zero-order chi connectivity index (χ0) is 22.4. The molecule has 8 nitrogen and oxygen atoms in total. The van der Waals surface area contributed by atoms with Crippen molar-refractivity contribution in [1.82, 2.24) is 10.2 Å². The number of methoxy groups -OCH3 is 1. The molecule has 0 bridgehead atoms. The molecule has 0 aliphatic carbocycles. The van der Waals surface area contributed by atoms with Crippen molar-refractivity contribution in [3.05, 3.63) is 48.5 Å². The minimum Gasteiger partial charge on any atom is -0.497 e. The van der Waals surface area contributed by atoms with Crippen LogP contribution in [0, 0.1) is 0 Å². The number of nitrogens with one attached hydrogen (secondary N) is 1. The van der Waals surface area contributed by atoms with Crippen LogP contribution in [0.5, 0.6) is 5.75 Å². The third-order valence-electron chi connectivity index (χ3n) is 4.36. The third kappa shape index (κ3) is 5.86. The Labute approximate surface area is 185 Å². The van der Waals surface area contributed by atoms with Gasteiger partial charge in [-0.2, -0.15) is 0 Å². The Kier molecular flexibility index (Phi) is 7.34. The van der Waals surface area contributed by atoms with E-state index in [9.17, 15) is 13.2 Å².